The summed E-state index contributed by atoms with van der Waals surface area (Å²) in [6, 6.07) is 9.92. The summed E-state index contributed by atoms with van der Waals surface area (Å²) < 4.78 is 57.9. The Morgan fingerprint density at radius 1 is 0.917 bits per heavy atom. The number of nitrogens with one attached hydrogen (secondary N) is 2. The lowest BCUT2D eigenvalue weighted by atomic mass is 10.1. The van der Waals surface area contributed by atoms with Gasteiger partial charge >= 0.3 is 18.2 Å². The second-order valence-electron chi connectivity index (χ2n) is 7.24. The van der Waals surface area contributed by atoms with Crippen LogP contribution in [0.15, 0.2) is 67.1 Å². The molecule has 0 aliphatic carbocycles. The lowest BCUT2D eigenvalue weighted by Crippen LogP contribution is -2.20. The molecule has 0 spiro atoms. The monoisotopic (exact) mass is 518 g/mol. The lowest BCUT2D eigenvalue weighted by Gasteiger charge is -2.12. The average Bonchev–Trinajstić information content (AvgIpc) is 2.83. The van der Waals surface area contributed by atoms with Crippen LogP contribution in [-0.4, -0.2) is 21.0 Å². The van der Waals surface area contributed by atoms with E-state index in [-0.39, 0.29) is 23.2 Å². The van der Waals surface area contributed by atoms with Gasteiger partial charge in [-0.25, -0.2) is 24.1 Å². The molecule has 2 heterocycles. The minimum atomic E-state index is -4.67. The number of halogens is 5. The van der Waals surface area contributed by atoms with Crippen LogP contribution in [0.3, 0.4) is 0 Å². The third-order valence-corrected chi connectivity index (χ3v) is 5.00. The maximum absolute atomic E-state index is 13.5. The molecule has 2 amide bonds. The summed E-state index contributed by atoms with van der Waals surface area (Å²) in [6.45, 7) is 0. The molecule has 0 aliphatic rings. The van der Waals surface area contributed by atoms with E-state index in [0.29, 0.717) is 16.9 Å². The van der Waals surface area contributed by atoms with Crippen LogP contribution in [0.25, 0.3) is 11.1 Å². The first-order valence-electron chi connectivity index (χ1n) is 10.0. The van der Waals surface area contributed by atoms with E-state index in [1.54, 1.807) is 24.3 Å². The zero-order valence-corrected chi connectivity index (χ0v) is 18.7. The molecule has 4 N–H and O–H groups in total. The number of alkyl halides is 3. The van der Waals surface area contributed by atoms with Crippen molar-refractivity contribution < 1.29 is 27.1 Å². The van der Waals surface area contributed by atoms with Gasteiger partial charge in [-0.05, 0) is 42.0 Å². The predicted molar refractivity (Wildman–Crippen MR) is 125 cm³/mol. The van der Waals surface area contributed by atoms with Crippen LogP contribution in [-0.2, 0) is 6.18 Å². The van der Waals surface area contributed by atoms with Crippen molar-refractivity contribution in [3.05, 3.63) is 83.5 Å². The van der Waals surface area contributed by atoms with Crippen LogP contribution >= 0.6 is 11.6 Å². The second-order valence-corrected chi connectivity index (χ2v) is 7.65. The summed E-state index contributed by atoms with van der Waals surface area (Å²) in [7, 11) is 0. The van der Waals surface area contributed by atoms with Gasteiger partial charge in [0, 0.05) is 11.3 Å². The summed E-state index contributed by atoms with van der Waals surface area (Å²) in [6.07, 6.45) is -1.15. The lowest BCUT2D eigenvalue weighted by molar-refractivity contribution is -0.137. The number of benzene rings is 2. The second kappa shape index (κ2) is 10.0. The van der Waals surface area contributed by atoms with E-state index in [1.165, 1.54) is 24.5 Å². The molecule has 13 heteroatoms. The Morgan fingerprint density at radius 3 is 2.25 bits per heavy atom. The fraction of sp³-hybridized carbons (Fsp3) is 0.0435. The number of carbonyl (C=O) groups is 1. The minimum Gasteiger partial charge on any atom is -0.424 e. The van der Waals surface area contributed by atoms with Crippen LogP contribution in [0.1, 0.15) is 5.56 Å². The van der Waals surface area contributed by atoms with Crippen molar-refractivity contribution in [1.29, 1.82) is 0 Å². The Morgan fingerprint density at radius 2 is 1.58 bits per heavy atom. The number of nitrogen functional groups attached to an aromatic ring is 1. The fourth-order valence-corrected chi connectivity index (χ4v) is 3.26. The molecule has 0 saturated carbocycles. The quantitative estimate of drug-likeness (QED) is 0.264. The molecule has 36 heavy (non-hydrogen) atoms. The highest BCUT2D eigenvalue weighted by atomic mass is 35.5. The highest BCUT2D eigenvalue weighted by Gasteiger charge is 2.33. The Hall–Kier alpha value is -4.45. The molecule has 2 aromatic carbocycles. The SMILES string of the molecule is Nc1ncc(F)cc1-c1ccc(Oc2ncc(NC(=O)Nc3ccc(Cl)c(C(F)(F)F)c3)cn2)cc1. The largest absolute Gasteiger partial charge is 0.424 e. The van der Waals surface area contributed by atoms with Crippen LogP contribution in [0.2, 0.25) is 5.02 Å². The van der Waals surface area contributed by atoms with Gasteiger partial charge in [-0.1, -0.05) is 23.7 Å². The maximum Gasteiger partial charge on any atom is 0.417 e. The summed E-state index contributed by atoms with van der Waals surface area (Å²) in [5, 5.41) is 4.19. The molecule has 0 radical (unpaired) electrons. The van der Waals surface area contributed by atoms with Crippen molar-refractivity contribution in [2.75, 3.05) is 16.4 Å². The van der Waals surface area contributed by atoms with Gasteiger partial charge < -0.3 is 21.1 Å². The van der Waals surface area contributed by atoms with Crippen LogP contribution in [0, 0.1) is 5.82 Å². The van der Waals surface area contributed by atoms with Crippen molar-refractivity contribution in [3.8, 4) is 22.9 Å². The van der Waals surface area contributed by atoms with Gasteiger partial charge in [0.1, 0.15) is 17.4 Å². The number of ether oxygens (including phenoxy) is 1. The standard InChI is InChI=1S/C23H15ClF4N6O2/c24-19-6-3-14(8-18(19)23(26,27)28)33-21(35)34-15-10-31-22(32-11-15)36-16-4-1-12(2-5-16)17-7-13(25)9-30-20(17)29/h1-11H,(H2,29,30)(H2,33,34,35). The summed E-state index contributed by atoms with van der Waals surface area (Å²) in [5.74, 6) is 0.0373. The average molecular weight is 519 g/mol. The van der Waals surface area contributed by atoms with Crippen molar-refractivity contribution in [1.82, 2.24) is 15.0 Å². The van der Waals surface area contributed by atoms with Crippen molar-refractivity contribution in [2.45, 2.75) is 6.18 Å². The van der Waals surface area contributed by atoms with Gasteiger partial charge in [0.15, 0.2) is 0 Å². The van der Waals surface area contributed by atoms with E-state index in [1.807, 2.05) is 0 Å². The highest BCUT2D eigenvalue weighted by molar-refractivity contribution is 6.31. The van der Waals surface area contributed by atoms with E-state index < -0.39 is 28.6 Å². The van der Waals surface area contributed by atoms with Gasteiger partial charge in [-0.15, -0.1) is 0 Å². The number of rotatable bonds is 5. The normalized spacial score (nSPS) is 11.1. The Kier molecular flexibility index (Phi) is 6.88. The zero-order chi connectivity index (χ0) is 25.9. The van der Waals surface area contributed by atoms with Crippen molar-refractivity contribution >= 4 is 34.8 Å². The minimum absolute atomic E-state index is 0.0341. The molecule has 4 rings (SSSR count). The van der Waals surface area contributed by atoms with Gasteiger partial charge in [0.25, 0.3) is 0 Å². The number of urea groups is 1. The molecule has 8 nitrogen and oxygen atoms in total. The van der Waals surface area contributed by atoms with E-state index in [2.05, 4.69) is 25.6 Å². The number of nitrogens with zero attached hydrogens (tertiary/aromatic N) is 3. The van der Waals surface area contributed by atoms with Crippen molar-refractivity contribution in [3.63, 3.8) is 0 Å². The van der Waals surface area contributed by atoms with Crippen molar-refractivity contribution in [2.24, 2.45) is 0 Å². The third-order valence-electron chi connectivity index (χ3n) is 4.68. The topological polar surface area (TPSA) is 115 Å². The van der Waals surface area contributed by atoms with E-state index in [0.717, 1.165) is 18.3 Å². The smallest absolute Gasteiger partial charge is 0.417 e. The molecule has 0 fully saturated rings. The first-order chi connectivity index (χ1) is 17.1. The maximum atomic E-state index is 13.5. The molecule has 4 aromatic rings. The number of amides is 2. The summed E-state index contributed by atoms with van der Waals surface area (Å²) in [5.41, 5.74) is 5.83. The molecular weight excluding hydrogens is 504 g/mol. The highest BCUT2D eigenvalue weighted by Crippen LogP contribution is 2.36. The Balaban J connectivity index is 1.37. The molecule has 0 atom stereocenters. The number of anilines is 3. The molecule has 0 saturated heterocycles. The van der Waals surface area contributed by atoms with Crippen LogP contribution in [0.4, 0.5) is 39.5 Å². The number of carbonyl (C=O) groups excluding carboxylic acids is 1. The third kappa shape index (κ3) is 5.96. The zero-order valence-electron chi connectivity index (χ0n) is 18.0. The molecule has 184 valence electrons. The van der Waals surface area contributed by atoms with Crippen LogP contribution < -0.4 is 21.1 Å². The molecular formula is C23H15ClF4N6O2. The predicted octanol–water partition coefficient (Wildman–Crippen LogP) is 6.37. The summed E-state index contributed by atoms with van der Waals surface area (Å²) >= 11 is 5.57. The summed E-state index contributed by atoms with van der Waals surface area (Å²) in [4.78, 5) is 23.9. The number of aromatic nitrogens is 3. The van der Waals surface area contributed by atoms with E-state index >= 15 is 0 Å². The number of hydrogen-bond acceptors (Lipinski definition) is 6. The fourth-order valence-electron chi connectivity index (χ4n) is 3.04. The van der Waals surface area contributed by atoms with Gasteiger partial charge in [0.2, 0.25) is 0 Å². The van der Waals surface area contributed by atoms with Gasteiger partial charge in [0.05, 0.1) is 34.9 Å². The Labute approximate surface area is 206 Å². The molecule has 0 bridgehead atoms. The number of hydrogen-bond donors (Lipinski definition) is 3. The molecule has 2 aromatic heterocycles. The van der Waals surface area contributed by atoms with E-state index in [9.17, 15) is 22.4 Å². The number of pyridine rings is 1. The Bertz CT molecular complexity index is 1400. The number of nitrogens with two attached hydrogens (primary N) is 1. The van der Waals surface area contributed by atoms with Gasteiger partial charge in [-0.2, -0.15) is 13.2 Å². The first-order valence-corrected chi connectivity index (χ1v) is 10.4. The van der Waals surface area contributed by atoms with Gasteiger partial charge in [-0.3, -0.25) is 0 Å². The van der Waals surface area contributed by atoms with E-state index in [4.69, 9.17) is 22.1 Å². The molecule has 0 aliphatic heterocycles. The van der Waals surface area contributed by atoms with Crippen LogP contribution in [0.5, 0.6) is 11.8 Å². The molecule has 0 unspecified atom stereocenters. The first kappa shape index (κ1) is 24.7.